The van der Waals surface area contributed by atoms with Crippen LogP contribution < -0.4 is 10.6 Å². The van der Waals surface area contributed by atoms with Crippen molar-refractivity contribution < 1.29 is 39.3 Å². The number of likely N-dealkylation sites (N-methyl/N-ethyl adjacent to an activating group) is 1. The fourth-order valence-electron chi connectivity index (χ4n) is 3.05. The van der Waals surface area contributed by atoms with Crippen LogP contribution in [0.15, 0.2) is 30.3 Å². The molecule has 0 aliphatic heterocycles. The first kappa shape index (κ1) is 25.8. The van der Waals surface area contributed by atoms with Crippen LogP contribution in [0.3, 0.4) is 0 Å². The van der Waals surface area contributed by atoms with Gasteiger partial charge in [0.1, 0.15) is 6.04 Å². The Morgan fingerprint density at radius 3 is 1.97 bits per heavy atom. The van der Waals surface area contributed by atoms with Gasteiger partial charge < -0.3 is 26.0 Å². The topological polar surface area (TPSA) is 170 Å². The van der Waals surface area contributed by atoms with Gasteiger partial charge in [0.2, 0.25) is 5.91 Å². The smallest absolute Gasteiger partial charge is 0.326 e. The number of nitrogens with one attached hydrogen (secondary N) is 2. The van der Waals surface area contributed by atoms with Gasteiger partial charge in [0.05, 0.1) is 6.04 Å². The van der Waals surface area contributed by atoms with E-state index in [1.165, 1.54) is 0 Å². The second-order valence-electron chi connectivity index (χ2n) is 7.16. The van der Waals surface area contributed by atoms with Gasteiger partial charge in [-0.05, 0) is 31.9 Å². The van der Waals surface area contributed by atoms with Gasteiger partial charge in [-0.2, -0.15) is 0 Å². The number of carboxylic acids is 3. The first-order valence-corrected chi connectivity index (χ1v) is 9.84. The lowest BCUT2D eigenvalue weighted by Gasteiger charge is -2.22. The molecule has 0 fully saturated rings. The van der Waals surface area contributed by atoms with Crippen LogP contribution in [0.25, 0.3) is 0 Å². The van der Waals surface area contributed by atoms with Gasteiger partial charge in [-0.3, -0.25) is 19.2 Å². The Balaban J connectivity index is 2.88. The molecule has 0 spiro atoms. The fourth-order valence-corrected chi connectivity index (χ4v) is 3.05. The highest BCUT2D eigenvalue weighted by Gasteiger charge is 2.29. The van der Waals surface area contributed by atoms with Crippen LogP contribution in [-0.2, 0) is 30.4 Å². The summed E-state index contributed by atoms with van der Waals surface area (Å²) < 4.78 is 0. The van der Waals surface area contributed by atoms with Crippen LogP contribution in [0.4, 0.5) is 0 Å². The number of carboxylic acid groups (broad SMARTS) is 3. The molecule has 0 saturated carbocycles. The summed E-state index contributed by atoms with van der Waals surface area (Å²) in [5.74, 6) is -5.93. The predicted molar refractivity (Wildman–Crippen MR) is 109 cm³/mol. The molecule has 0 bridgehead atoms. The summed E-state index contributed by atoms with van der Waals surface area (Å²) in [6.45, 7) is 0. The quantitative estimate of drug-likeness (QED) is 0.265. The molecule has 1 aromatic rings. The lowest BCUT2D eigenvalue weighted by Crippen LogP contribution is -2.45. The lowest BCUT2D eigenvalue weighted by atomic mass is 9.91. The monoisotopic (exact) mass is 436 g/mol. The van der Waals surface area contributed by atoms with Crippen molar-refractivity contribution in [2.75, 3.05) is 7.05 Å². The van der Waals surface area contributed by atoms with E-state index in [-0.39, 0.29) is 31.5 Å². The molecule has 0 aromatic heterocycles. The van der Waals surface area contributed by atoms with Crippen molar-refractivity contribution in [2.45, 2.75) is 50.6 Å². The fraction of sp³-hybridized carbons (Fsp3) is 0.476. The van der Waals surface area contributed by atoms with E-state index in [1.54, 1.807) is 7.05 Å². The van der Waals surface area contributed by atoms with Crippen molar-refractivity contribution in [3.05, 3.63) is 35.9 Å². The zero-order valence-corrected chi connectivity index (χ0v) is 17.2. The van der Waals surface area contributed by atoms with Crippen LogP contribution in [0.2, 0.25) is 0 Å². The van der Waals surface area contributed by atoms with Gasteiger partial charge in [0.25, 0.3) is 0 Å². The molecule has 0 heterocycles. The average Bonchev–Trinajstić information content (AvgIpc) is 2.72. The third-order valence-corrected chi connectivity index (χ3v) is 4.81. The maximum absolute atomic E-state index is 12.8. The van der Waals surface area contributed by atoms with Crippen molar-refractivity contribution in [1.82, 2.24) is 10.6 Å². The summed E-state index contributed by atoms with van der Waals surface area (Å²) in [6.07, 6.45) is -1.22. The number of Topliss-reactive ketones (excluding diaryl/α,β-unsaturated/α-hetero) is 1. The zero-order chi connectivity index (χ0) is 23.4. The number of rotatable bonds is 15. The third-order valence-electron chi connectivity index (χ3n) is 4.81. The molecule has 0 saturated heterocycles. The Kier molecular flexibility index (Phi) is 10.9. The molecule has 3 atom stereocenters. The molecule has 0 unspecified atom stereocenters. The SMILES string of the molecule is CN[C@@H](Cc1ccccc1)C(=O)C[C@@H](CCC(=O)O)C(=O)N[C@@H](CCC(=O)O)C(=O)O. The second-order valence-corrected chi connectivity index (χ2v) is 7.16. The highest BCUT2D eigenvalue weighted by molar-refractivity contribution is 5.91. The highest BCUT2D eigenvalue weighted by Crippen LogP contribution is 2.16. The molecule has 10 nitrogen and oxygen atoms in total. The standard InChI is InChI=1S/C21H28N2O8/c1-22-16(11-13-5-3-2-4-6-13)17(24)12-14(7-9-18(25)26)20(29)23-15(21(30)31)8-10-19(27)28/h2-6,14-16,22H,7-12H2,1H3,(H,23,29)(H,25,26)(H,27,28)(H,30,31)/t14-,15+,16+/m1/s1. The summed E-state index contributed by atoms with van der Waals surface area (Å²) in [7, 11) is 1.60. The molecule has 0 aliphatic rings. The van der Waals surface area contributed by atoms with Crippen LogP contribution in [0, 0.1) is 5.92 Å². The Labute approximate surface area is 179 Å². The number of hydrogen-bond donors (Lipinski definition) is 5. The third kappa shape index (κ3) is 9.85. The van der Waals surface area contributed by atoms with E-state index < -0.39 is 48.2 Å². The van der Waals surface area contributed by atoms with Gasteiger partial charge in [0.15, 0.2) is 5.78 Å². The van der Waals surface area contributed by atoms with Gasteiger partial charge in [-0.1, -0.05) is 30.3 Å². The molecule has 1 rings (SSSR count). The number of aliphatic carboxylic acids is 3. The molecule has 10 heteroatoms. The first-order valence-electron chi connectivity index (χ1n) is 9.84. The summed E-state index contributed by atoms with van der Waals surface area (Å²) >= 11 is 0. The lowest BCUT2D eigenvalue weighted by molar-refractivity contribution is -0.144. The van der Waals surface area contributed by atoms with Crippen LogP contribution >= 0.6 is 0 Å². The molecule has 0 radical (unpaired) electrons. The van der Waals surface area contributed by atoms with E-state index in [1.807, 2.05) is 30.3 Å². The molecule has 31 heavy (non-hydrogen) atoms. The Hall–Kier alpha value is -3.27. The molecular weight excluding hydrogens is 408 g/mol. The van der Waals surface area contributed by atoms with E-state index in [4.69, 9.17) is 10.2 Å². The van der Waals surface area contributed by atoms with E-state index in [2.05, 4.69) is 10.6 Å². The van der Waals surface area contributed by atoms with Gasteiger partial charge in [-0.25, -0.2) is 4.79 Å². The molecule has 0 aliphatic carbocycles. The normalized spacial score (nSPS) is 13.6. The minimum atomic E-state index is -1.45. The number of carbonyl (C=O) groups is 5. The van der Waals surface area contributed by atoms with E-state index in [9.17, 15) is 29.1 Å². The molecule has 5 N–H and O–H groups in total. The minimum absolute atomic E-state index is 0.153. The molecule has 1 amide bonds. The van der Waals surface area contributed by atoms with Crippen molar-refractivity contribution >= 4 is 29.6 Å². The van der Waals surface area contributed by atoms with Gasteiger partial charge in [-0.15, -0.1) is 0 Å². The summed E-state index contributed by atoms with van der Waals surface area (Å²) in [4.78, 5) is 58.4. The minimum Gasteiger partial charge on any atom is -0.481 e. The maximum Gasteiger partial charge on any atom is 0.326 e. The number of amides is 1. The summed E-state index contributed by atoms with van der Waals surface area (Å²) in [5.41, 5.74) is 0.904. The van der Waals surface area contributed by atoms with Crippen molar-refractivity contribution in [2.24, 2.45) is 5.92 Å². The molecule has 1 aromatic carbocycles. The van der Waals surface area contributed by atoms with Crippen molar-refractivity contribution in [3.8, 4) is 0 Å². The Morgan fingerprint density at radius 1 is 0.871 bits per heavy atom. The zero-order valence-electron chi connectivity index (χ0n) is 17.2. The number of carbonyl (C=O) groups excluding carboxylic acids is 2. The van der Waals surface area contributed by atoms with Crippen LogP contribution in [0.1, 0.15) is 37.7 Å². The number of ketones is 1. The number of benzene rings is 1. The van der Waals surface area contributed by atoms with Gasteiger partial charge >= 0.3 is 17.9 Å². The average molecular weight is 436 g/mol. The Morgan fingerprint density at radius 2 is 1.45 bits per heavy atom. The summed E-state index contributed by atoms with van der Waals surface area (Å²) in [5, 5.41) is 32.1. The number of hydrogen-bond acceptors (Lipinski definition) is 6. The van der Waals surface area contributed by atoms with E-state index in [0.29, 0.717) is 6.42 Å². The van der Waals surface area contributed by atoms with E-state index in [0.717, 1.165) is 5.56 Å². The second kappa shape index (κ2) is 13.1. The molecule has 170 valence electrons. The van der Waals surface area contributed by atoms with Crippen molar-refractivity contribution in [1.29, 1.82) is 0 Å². The van der Waals surface area contributed by atoms with Crippen molar-refractivity contribution in [3.63, 3.8) is 0 Å². The first-order chi connectivity index (χ1) is 14.6. The van der Waals surface area contributed by atoms with Gasteiger partial charge in [0, 0.05) is 25.2 Å². The highest BCUT2D eigenvalue weighted by atomic mass is 16.4. The van der Waals surface area contributed by atoms with Crippen LogP contribution in [0.5, 0.6) is 0 Å². The van der Waals surface area contributed by atoms with E-state index >= 15 is 0 Å². The predicted octanol–water partition coefficient (Wildman–Crippen LogP) is 0.692. The molecular formula is C21H28N2O8. The Bertz CT molecular complexity index is 781. The largest absolute Gasteiger partial charge is 0.481 e. The summed E-state index contributed by atoms with van der Waals surface area (Å²) in [6, 6.07) is 7.16. The van der Waals surface area contributed by atoms with Crippen LogP contribution in [-0.4, -0.2) is 64.0 Å². The maximum atomic E-state index is 12.8.